The lowest BCUT2D eigenvalue weighted by Crippen LogP contribution is -2.08. The zero-order chi connectivity index (χ0) is 13.2. The van der Waals surface area contributed by atoms with Crippen molar-refractivity contribution in [3.05, 3.63) is 42.1 Å². The number of pyridine rings is 1. The van der Waals surface area contributed by atoms with Crippen LogP contribution in [0.5, 0.6) is 0 Å². The van der Waals surface area contributed by atoms with Gasteiger partial charge >= 0.3 is 0 Å². The van der Waals surface area contributed by atoms with Gasteiger partial charge in [0.05, 0.1) is 17.4 Å². The molecule has 2 rings (SSSR count). The number of aliphatic hydroxyl groups excluding tert-OH is 1. The fraction of sp³-hybridized carbons (Fsp3) is 0.308. The minimum Gasteiger partial charge on any atom is -0.388 e. The number of hydrogen-bond acceptors (Lipinski definition) is 4. The van der Waals surface area contributed by atoms with Crippen LogP contribution < -0.4 is 0 Å². The molecule has 1 heterocycles. The maximum Gasteiger partial charge on any atom is 0.147 e. The van der Waals surface area contributed by atoms with Gasteiger partial charge in [-0.2, -0.15) is 0 Å². The van der Waals surface area contributed by atoms with Crippen LogP contribution in [0.3, 0.4) is 0 Å². The van der Waals surface area contributed by atoms with Crippen LogP contribution in [-0.2, 0) is 9.84 Å². The van der Waals surface area contributed by atoms with E-state index < -0.39 is 15.9 Å². The van der Waals surface area contributed by atoms with Crippen molar-refractivity contribution in [1.29, 1.82) is 0 Å². The molecule has 0 bridgehead atoms. The van der Waals surface area contributed by atoms with Gasteiger partial charge in [-0.25, -0.2) is 8.42 Å². The average molecular weight is 265 g/mol. The van der Waals surface area contributed by atoms with Gasteiger partial charge in [0.1, 0.15) is 9.84 Å². The number of aliphatic hydroxyl groups is 1. The molecule has 0 amide bonds. The first-order valence-corrected chi connectivity index (χ1v) is 7.72. The highest BCUT2D eigenvalue weighted by Gasteiger charge is 2.11. The van der Waals surface area contributed by atoms with E-state index in [2.05, 4.69) is 4.98 Å². The van der Waals surface area contributed by atoms with Gasteiger partial charge in [0.2, 0.25) is 0 Å². The lowest BCUT2D eigenvalue weighted by Gasteiger charge is -2.10. The Balaban J connectivity index is 2.20. The van der Waals surface area contributed by atoms with E-state index in [1.54, 1.807) is 12.3 Å². The fourth-order valence-electron chi connectivity index (χ4n) is 1.79. The molecule has 0 saturated heterocycles. The van der Waals surface area contributed by atoms with E-state index in [4.69, 9.17) is 0 Å². The molecule has 2 aromatic rings. The predicted molar refractivity (Wildman–Crippen MR) is 71.0 cm³/mol. The molecule has 0 aliphatic heterocycles. The van der Waals surface area contributed by atoms with Crippen LogP contribution >= 0.6 is 0 Å². The number of fused-ring (bicyclic) bond motifs is 1. The number of nitrogens with zero attached hydrogens (tertiary/aromatic N) is 1. The van der Waals surface area contributed by atoms with Gasteiger partial charge in [-0.05, 0) is 30.2 Å². The third-order valence-corrected chi connectivity index (χ3v) is 3.75. The Morgan fingerprint density at radius 3 is 2.83 bits per heavy atom. The highest BCUT2D eigenvalue weighted by Crippen LogP contribution is 2.21. The third-order valence-electron chi connectivity index (χ3n) is 2.77. The van der Waals surface area contributed by atoms with E-state index in [0.717, 1.165) is 16.5 Å². The zero-order valence-electron chi connectivity index (χ0n) is 10.1. The van der Waals surface area contributed by atoms with Gasteiger partial charge in [0.15, 0.2) is 0 Å². The molecule has 4 nitrogen and oxygen atoms in total. The maximum atomic E-state index is 11.1. The molecule has 0 aliphatic carbocycles. The summed E-state index contributed by atoms with van der Waals surface area (Å²) >= 11 is 0. The van der Waals surface area contributed by atoms with E-state index >= 15 is 0 Å². The van der Waals surface area contributed by atoms with Crippen molar-refractivity contribution in [2.24, 2.45) is 0 Å². The second-order valence-corrected chi connectivity index (χ2v) is 6.65. The molecular formula is C13H15NO3S. The molecule has 18 heavy (non-hydrogen) atoms. The summed E-state index contributed by atoms with van der Waals surface area (Å²) in [5.74, 6) is -0.0146. The van der Waals surface area contributed by atoms with Crippen molar-refractivity contribution >= 4 is 20.7 Å². The summed E-state index contributed by atoms with van der Waals surface area (Å²) in [6.45, 7) is 0. The van der Waals surface area contributed by atoms with Crippen molar-refractivity contribution in [3.63, 3.8) is 0 Å². The lowest BCUT2D eigenvalue weighted by atomic mass is 10.0. The highest BCUT2D eigenvalue weighted by atomic mass is 32.2. The van der Waals surface area contributed by atoms with Crippen LogP contribution in [0.1, 0.15) is 18.1 Å². The van der Waals surface area contributed by atoms with Gasteiger partial charge in [-0.1, -0.05) is 12.1 Å². The Morgan fingerprint density at radius 2 is 2.11 bits per heavy atom. The molecule has 1 atom stereocenters. The summed E-state index contributed by atoms with van der Waals surface area (Å²) < 4.78 is 22.1. The Bertz CT molecular complexity index is 652. The molecule has 96 valence electrons. The van der Waals surface area contributed by atoms with E-state index in [1.807, 2.05) is 24.3 Å². The maximum absolute atomic E-state index is 11.1. The van der Waals surface area contributed by atoms with Crippen molar-refractivity contribution in [2.75, 3.05) is 12.0 Å². The molecule has 1 N–H and O–H groups in total. The van der Waals surface area contributed by atoms with Crippen molar-refractivity contribution in [2.45, 2.75) is 12.5 Å². The van der Waals surface area contributed by atoms with E-state index in [0.29, 0.717) is 0 Å². The summed E-state index contributed by atoms with van der Waals surface area (Å²) in [5, 5.41) is 10.9. The van der Waals surface area contributed by atoms with Crippen LogP contribution in [0.2, 0.25) is 0 Å². The Morgan fingerprint density at radius 1 is 1.33 bits per heavy atom. The topological polar surface area (TPSA) is 67.3 Å². The highest BCUT2D eigenvalue weighted by molar-refractivity contribution is 7.90. The SMILES string of the molecule is CS(=O)(=O)CCC(O)c1ccc2ncccc2c1. The van der Waals surface area contributed by atoms with Gasteiger partial charge in [-0.3, -0.25) is 4.98 Å². The Kier molecular flexibility index (Phi) is 3.63. The first-order chi connectivity index (χ1) is 8.46. The van der Waals surface area contributed by atoms with Gasteiger partial charge in [-0.15, -0.1) is 0 Å². The van der Waals surface area contributed by atoms with E-state index in [-0.39, 0.29) is 12.2 Å². The van der Waals surface area contributed by atoms with Crippen LogP contribution in [0.25, 0.3) is 10.9 Å². The number of hydrogen-bond donors (Lipinski definition) is 1. The van der Waals surface area contributed by atoms with Crippen LogP contribution in [0.4, 0.5) is 0 Å². The summed E-state index contributed by atoms with van der Waals surface area (Å²) in [7, 11) is -3.04. The number of benzene rings is 1. The first-order valence-electron chi connectivity index (χ1n) is 5.66. The molecule has 0 aliphatic rings. The summed E-state index contributed by atoms with van der Waals surface area (Å²) in [6, 6.07) is 9.19. The minimum atomic E-state index is -3.04. The van der Waals surface area contributed by atoms with Crippen LogP contribution in [0.15, 0.2) is 36.5 Å². The Labute approximate surface area is 106 Å². The minimum absolute atomic E-state index is 0.0146. The van der Waals surface area contributed by atoms with E-state index in [1.165, 1.54) is 6.26 Å². The van der Waals surface area contributed by atoms with Gasteiger partial charge < -0.3 is 5.11 Å². The van der Waals surface area contributed by atoms with Gasteiger partial charge in [0, 0.05) is 17.8 Å². The zero-order valence-corrected chi connectivity index (χ0v) is 10.9. The van der Waals surface area contributed by atoms with Crippen molar-refractivity contribution in [1.82, 2.24) is 4.98 Å². The monoisotopic (exact) mass is 265 g/mol. The standard InChI is InChI=1S/C13H15NO3S/c1-18(16,17)8-6-13(15)11-4-5-12-10(9-11)3-2-7-14-12/h2-5,7,9,13,15H,6,8H2,1H3. The molecule has 1 aromatic heterocycles. The summed E-state index contributed by atoms with van der Waals surface area (Å²) in [5.41, 5.74) is 1.58. The fourth-order valence-corrected chi connectivity index (χ4v) is 2.45. The summed E-state index contributed by atoms with van der Waals surface area (Å²) in [4.78, 5) is 4.19. The van der Waals surface area contributed by atoms with Crippen molar-refractivity contribution < 1.29 is 13.5 Å². The normalized spacial score (nSPS) is 13.7. The molecule has 5 heteroatoms. The molecular weight excluding hydrogens is 250 g/mol. The lowest BCUT2D eigenvalue weighted by molar-refractivity contribution is 0.174. The van der Waals surface area contributed by atoms with E-state index in [9.17, 15) is 13.5 Å². The predicted octanol–water partition coefficient (Wildman–Crippen LogP) is 1.70. The molecule has 0 fully saturated rings. The quantitative estimate of drug-likeness (QED) is 0.913. The summed E-state index contributed by atoms with van der Waals surface area (Å²) in [6.07, 6.45) is 2.33. The largest absolute Gasteiger partial charge is 0.388 e. The third kappa shape index (κ3) is 3.27. The van der Waals surface area contributed by atoms with Crippen LogP contribution in [-0.4, -0.2) is 30.5 Å². The molecule has 0 saturated carbocycles. The Hall–Kier alpha value is -1.46. The second kappa shape index (κ2) is 5.04. The number of aromatic nitrogens is 1. The number of sulfone groups is 1. The smallest absolute Gasteiger partial charge is 0.147 e. The molecule has 1 aromatic carbocycles. The van der Waals surface area contributed by atoms with Gasteiger partial charge in [0.25, 0.3) is 0 Å². The van der Waals surface area contributed by atoms with Crippen molar-refractivity contribution in [3.8, 4) is 0 Å². The number of rotatable bonds is 4. The molecule has 1 unspecified atom stereocenters. The van der Waals surface area contributed by atoms with Crippen LogP contribution in [0, 0.1) is 0 Å². The second-order valence-electron chi connectivity index (χ2n) is 4.39. The molecule has 0 radical (unpaired) electrons. The molecule has 0 spiro atoms. The first kappa shape index (κ1) is 13.0. The average Bonchev–Trinajstić information content (AvgIpc) is 2.34.